The van der Waals surface area contributed by atoms with Crippen LogP contribution in [0.2, 0.25) is 0 Å². The van der Waals surface area contributed by atoms with E-state index in [-0.39, 0.29) is 21.7 Å². The second-order valence-corrected chi connectivity index (χ2v) is 21.8. The van der Waals surface area contributed by atoms with Gasteiger partial charge in [0.1, 0.15) is 5.75 Å². The summed E-state index contributed by atoms with van der Waals surface area (Å²) in [5, 5.41) is 0. The molecule has 1 unspecified atom stereocenters. The van der Waals surface area contributed by atoms with Gasteiger partial charge in [-0.3, -0.25) is 4.32 Å². The number of nitrogens with zero attached hydrogens (tertiary/aromatic N) is 2. The molecule has 0 spiro atoms. The summed E-state index contributed by atoms with van der Waals surface area (Å²) in [5.74, 6) is 0.770. The van der Waals surface area contributed by atoms with E-state index in [0.717, 1.165) is 67.4 Å². The van der Waals surface area contributed by atoms with Gasteiger partial charge in [0.25, 0.3) is 0 Å². The van der Waals surface area contributed by atoms with Gasteiger partial charge in [0.2, 0.25) is 0 Å². The Morgan fingerprint density at radius 3 is 1.35 bits per heavy atom. The quantitative estimate of drug-likeness (QED) is 0.156. The van der Waals surface area contributed by atoms with Crippen LogP contribution in [0, 0.1) is 0 Å². The van der Waals surface area contributed by atoms with Crippen LogP contribution in [0.25, 0.3) is 33.5 Å². The number of halogens is 1. The van der Waals surface area contributed by atoms with E-state index in [1.54, 1.807) is 7.11 Å². The third kappa shape index (κ3) is 7.56. The largest absolute Gasteiger partial charge is 0.593 e. The average Bonchev–Trinajstić information content (AvgIpc) is 3.78. The molecule has 0 saturated carbocycles. The standard InChI is InChI=1S/C57H64BFN2O/c1-53(2,3)41-23-15-37(16-24-41)47-35-49(39-19-27-43(28-20-39)55(7,8)9)60-51(47)50(40-21-33-46(62-14)34-22-40)52-48(38-17-25-42(26-18-38)54(4,5)6)36-57(13,61(52)58(60)59)45-31-29-44(30-32-45)56(10,11)12/h15-36H,1-14H3. The Labute approximate surface area is 371 Å². The highest BCUT2D eigenvalue weighted by Gasteiger charge is 2.53. The fraction of sp³-hybridized carbons (Fsp3) is 0.333. The predicted octanol–water partition coefficient (Wildman–Crippen LogP) is 14.9. The lowest BCUT2D eigenvalue weighted by atomic mass is 9.79. The normalized spacial score (nSPS) is 17.0. The van der Waals surface area contributed by atoms with Crippen LogP contribution in [0.15, 0.2) is 139 Å². The molecular weight excluding hydrogens is 758 g/mol. The molecule has 62 heavy (non-hydrogen) atoms. The Bertz CT molecular complexity index is 2670. The van der Waals surface area contributed by atoms with Crippen LogP contribution in [0.1, 0.15) is 135 Å². The van der Waals surface area contributed by atoms with Gasteiger partial charge >= 0.3 is 7.26 Å². The fourth-order valence-corrected chi connectivity index (χ4v) is 9.26. The average molecular weight is 823 g/mol. The van der Waals surface area contributed by atoms with Gasteiger partial charge in [-0.15, -0.1) is 0 Å². The number of rotatable bonds is 6. The summed E-state index contributed by atoms with van der Waals surface area (Å²) in [6.07, 6.45) is 2.32. The second kappa shape index (κ2) is 15.1. The van der Waals surface area contributed by atoms with Gasteiger partial charge in [-0.25, -0.2) is 0 Å². The lowest BCUT2D eigenvalue weighted by Gasteiger charge is -2.43. The van der Waals surface area contributed by atoms with Gasteiger partial charge in [0.05, 0.1) is 18.3 Å². The fourth-order valence-electron chi connectivity index (χ4n) is 9.26. The number of aromatic nitrogens is 1. The number of benzene rings is 5. The lowest BCUT2D eigenvalue weighted by Crippen LogP contribution is -2.52. The Hall–Kier alpha value is -5.55. The van der Waals surface area contributed by atoms with Crippen LogP contribution in [0.3, 0.4) is 0 Å². The summed E-state index contributed by atoms with van der Waals surface area (Å²) in [6, 6.07) is 46.0. The Balaban J connectivity index is 1.49. The Morgan fingerprint density at radius 2 is 0.919 bits per heavy atom. The van der Waals surface area contributed by atoms with E-state index in [1.807, 2.05) is 16.6 Å². The van der Waals surface area contributed by atoms with Crippen molar-refractivity contribution in [3.8, 4) is 28.1 Å². The van der Waals surface area contributed by atoms with Crippen molar-refractivity contribution in [1.29, 1.82) is 0 Å². The van der Waals surface area contributed by atoms with Crippen LogP contribution in [-0.4, -0.2) is 23.7 Å². The SMILES string of the molecule is COc1ccc(C2=C3C(c4ccc(C(C)(C)C)cc4)=CC(C)(c4ccc(C(C)(C)C)cc4)N3B(F)n3c(-c4ccc(C(C)(C)C)cc4)cc(-c4ccc(C(C)(C)C)cc4)c32)cc1. The number of hydrogen-bond acceptors (Lipinski definition) is 2. The first kappa shape index (κ1) is 43.1. The van der Waals surface area contributed by atoms with Gasteiger partial charge in [-0.2, -0.15) is 0 Å². The van der Waals surface area contributed by atoms with Gasteiger partial charge in [-0.1, -0.05) is 192 Å². The summed E-state index contributed by atoms with van der Waals surface area (Å²) in [6.45, 7) is 29.0. The topological polar surface area (TPSA) is 17.4 Å². The summed E-state index contributed by atoms with van der Waals surface area (Å²) < 4.78 is 26.7. The molecule has 6 aromatic rings. The number of hydrogen-bond donors (Lipinski definition) is 0. The minimum atomic E-state index is -1.56. The molecule has 3 heterocycles. The van der Waals surface area contributed by atoms with E-state index in [4.69, 9.17) is 4.74 Å². The highest BCUT2D eigenvalue weighted by molar-refractivity contribution is 6.50. The first-order valence-electron chi connectivity index (χ1n) is 22.3. The van der Waals surface area contributed by atoms with Crippen molar-refractivity contribution in [2.75, 3.05) is 7.11 Å². The maximum absolute atomic E-state index is 19.1. The molecule has 2 aliphatic heterocycles. The van der Waals surface area contributed by atoms with Crippen molar-refractivity contribution in [2.24, 2.45) is 0 Å². The number of ether oxygens (including phenoxy) is 1. The van der Waals surface area contributed by atoms with Gasteiger partial charge in [0, 0.05) is 28.1 Å². The molecule has 5 heteroatoms. The van der Waals surface area contributed by atoms with Gasteiger partial charge in [-0.05, 0) is 103 Å². The van der Waals surface area contributed by atoms with Crippen molar-refractivity contribution in [3.05, 3.63) is 184 Å². The molecule has 0 radical (unpaired) electrons. The zero-order valence-electron chi connectivity index (χ0n) is 39.5. The molecule has 318 valence electrons. The van der Waals surface area contributed by atoms with Crippen LogP contribution in [-0.2, 0) is 27.2 Å². The van der Waals surface area contributed by atoms with E-state index in [1.165, 1.54) is 22.3 Å². The molecule has 3 nitrogen and oxygen atoms in total. The number of fused-ring (bicyclic) bond motifs is 2. The molecule has 0 bridgehead atoms. The monoisotopic (exact) mass is 823 g/mol. The van der Waals surface area contributed by atoms with E-state index < -0.39 is 12.8 Å². The summed E-state index contributed by atoms with van der Waals surface area (Å²) >= 11 is 0. The van der Waals surface area contributed by atoms with E-state index in [0.29, 0.717) is 0 Å². The minimum absolute atomic E-state index is 0.0128. The molecule has 1 aromatic heterocycles. The minimum Gasteiger partial charge on any atom is -0.497 e. The maximum atomic E-state index is 19.1. The summed E-state index contributed by atoms with van der Waals surface area (Å²) in [7, 11) is 0.140. The Morgan fingerprint density at radius 1 is 0.516 bits per heavy atom. The molecule has 0 aliphatic carbocycles. The van der Waals surface area contributed by atoms with Gasteiger partial charge < -0.3 is 14.0 Å². The van der Waals surface area contributed by atoms with Crippen LogP contribution in [0.4, 0.5) is 4.32 Å². The zero-order valence-corrected chi connectivity index (χ0v) is 39.5. The molecule has 8 rings (SSSR count). The first-order valence-corrected chi connectivity index (χ1v) is 22.3. The smallest absolute Gasteiger partial charge is 0.497 e. The van der Waals surface area contributed by atoms with Crippen LogP contribution in [0.5, 0.6) is 5.75 Å². The molecule has 5 aromatic carbocycles. The lowest BCUT2D eigenvalue weighted by molar-refractivity contribution is 0.318. The summed E-state index contributed by atoms with van der Waals surface area (Å²) in [4.78, 5) is 2.05. The van der Waals surface area contributed by atoms with E-state index >= 15 is 4.32 Å². The predicted molar refractivity (Wildman–Crippen MR) is 261 cm³/mol. The molecular formula is C57H64BFN2O. The molecule has 0 saturated heterocycles. The van der Waals surface area contributed by atoms with Crippen molar-refractivity contribution in [3.63, 3.8) is 0 Å². The van der Waals surface area contributed by atoms with Crippen LogP contribution >= 0.6 is 0 Å². The van der Waals surface area contributed by atoms with E-state index in [9.17, 15) is 0 Å². The molecule has 0 fully saturated rings. The maximum Gasteiger partial charge on any atom is 0.593 e. The van der Waals surface area contributed by atoms with Gasteiger partial charge in [0.15, 0.2) is 0 Å². The Kier molecular flexibility index (Phi) is 10.5. The van der Waals surface area contributed by atoms with Crippen molar-refractivity contribution in [1.82, 2.24) is 9.29 Å². The highest BCUT2D eigenvalue weighted by Crippen LogP contribution is 2.56. The molecule has 2 aliphatic rings. The van der Waals surface area contributed by atoms with Crippen molar-refractivity contribution in [2.45, 2.75) is 117 Å². The first-order chi connectivity index (χ1) is 29.0. The molecule has 0 amide bonds. The van der Waals surface area contributed by atoms with E-state index in [2.05, 4.69) is 216 Å². The highest BCUT2D eigenvalue weighted by atomic mass is 19.1. The molecule has 1 atom stereocenters. The van der Waals surface area contributed by atoms with Crippen molar-refractivity contribution >= 4 is 18.4 Å². The molecule has 0 N–H and O–H groups in total. The number of methoxy groups -OCH3 is 1. The summed E-state index contributed by atoms with van der Waals surface area (Å²) in [5.41, 5.74) is 14.7. The number of allylic oxidation sites excluding steroid dienone is 1. The third-order valence-electron chi connectivity index (χ3n) is 13.2. The van der Waals surface area contributed by atoms with Crippen molar-refractivity contribution < 1.29 is 9.05 Å². The third-order valence-corrected chi connectivity index (χ3v) is 13.2. The second-order valence-electron chi connectivity index (χ2n) is 21.8. The van der Waals surface area contributed by atoms with Crippen LogP contribution < -0.4 is 4.74 Å². The zero-order chi connectivity index (χ0) is 44.7.